The Hall–Kier alpha value is -7.53. The highest BCUT2D eigenvalue weighted by molar-refractivity contribution is 7.86. The fourth-order valence-electron chi connectivity index (χ4n) is 6.71. The quantitative estimate of drug-likeness (QED) is 0.0427. The van der Waals surface area contributed by atoms with E-state index in [0.29, 0.717) is 62.9 Å². The molecule has 0 saturated heterocycles. The van der Waals surface area contributed by atoms with Crippen molar-refractivity contribution in [2.45, 2.75) is 59.6 Å². The van der Waals surface area contributed by atoms with E-state index >= 15 is 0 Å². The van der Waals surface area contributed by atoms with E-state index in [2.05, 4.69) is 46.2 Å². The Bertz CT molecular complexity index is 3170. The number of anilines is 2. The fourth-order valence-corrected chi connectivity index (χ4v) is 7.39. The van der Waals surface area contributed by atoms with Crippen molar-refractivity contribution in [2.75, 3.05) is 11.1 Å². The number of hydrogen-bond donors (Lipinski definition) is 5. The molecule has 7 aromatic carbocycles. The molecule has 15 nitrogen and oxygen atoms in total. The molecule has 0 radical (unpaired) electrons. The molecular weight excluding hydrogens is 829 g/mol. The van der Waals surface area contributed by atoms with Gasteiger partial charge in [-0.05, 0) is 176 Å². The number of nitrogen functional groups attached to an aromatic ring is 1. The molecular formula is C48H46N10O5S. The molecule has 0 aliphatic rings. The summed E-state index contributed by atoms with van der Waals surface area (Å²) in [5.74, 6) is 0.0500. The lowest BCUT2D eigenvalue weighted by Crippen LogP contribution is -1.99. The Morgan fingerprint density at radius 1 is 0.500 bits per heavy atom. The van der Waals surface area contributed by atoms with Gasteiger partial charge >= 0.3 is 0 Å². The number of aliphatic hydroxyl groups is 1. The third-order valence-electron chi connectivity index (χ3n) is 10.5. The minimum Gasteiger partial charge on any atom is -0.505 e. The van der Waals surface area contributed by atoms with Crippen molar-refractivity contribution in [1.29, 1.82) is 0 Å². The normalized spacial score (nSPS) is 12.2. The van der Waals surface area contributed by atoms with E-state index in [4.69, 9.17) is 5.73 Å². The molecule has 64 heavy (non-hydrogen) atoms. The number of hydrogen-bond acceptors (Lipinski definition) is 14. The summed E-state index contributed by atoms with van der Waals surface area (Å²) in [6.07, 6.45) is 0. The lowest BCUT2D eigenvalue weighted by atomic mass is 10.1. The van der Waals surface area contributed by atoms with E-state index < -0.39 is 21.6 Å². The Labute approximate surface area is 370 Å². The first-order valence-corrected chi connectivity index (χ1v) is 21.6. The zero-order chi connectivity index (χ0) is 45.7. The van der Waals surface area contributed by atoms with Gasteiger partial charge in [0.15, 0.2) is 5.75 Å². The summed E-state index contributed by atoms with van der Waals surface area (Å²) in [5, 5.41) is 60.8. The van der Waals surface area contributed by atoms with Gasteiger partial charge in [0.1, 0.15) is 16.3 Å². The van der Waals surface area contributed by atoms with E-state index in [1.807, 2.05) is 114 Å². The fraction of sp³-hybridized carbons (Fsp3) is 0.167. The molecule has 0 aliphatic carbocycles. The Morgan fingerprint density at radius 2 is 0.906 bits per heavy atom. The molecule has 6 N–H and O–H groups in total. The second-order valence-electron chi connectivity index (χ2n) is 15.5. The molecule has 0 aliphatic heterocycles. The van der Waals surface area contributed by atoms with Gasteiger partial charge in [-0.25, -0.2) is 0 Å². The van der Waals surface area contributed by atoms with Gasteiger partial charge in [0, 0.05) is 23.3 Å². The predicted octanol–water partition coefficient (Wildman–Crippen LogP) is 14.0. The zero-order valence-corrected chi connectivity index (χ0v) is 36.8. The van der Waals surface area contributed by atoms with Crippen LogP contribution in [0.25, 0.3) is 10.8 Å². The largest absolute Gasteiger partial charge is 0.505 e. The van der Waals surface area contributed by atoms with Gasteiger partial charge in [0.25, 0.3) is 10.1 Å². The summed E-state index contributed by atoms with van der Waals surface area (Å²) in [5.41, 5.74) is 17.8. The van der Waals surface area contributed by atoms with E-state index in [1.54, 1.807) is 18.2 Å². The van der Waals surface area contributed by atoms with Crippen LogP contribution in [0.1, 0.15) is 44.5 Å². The highest BCUT2D eigenvalue weighted by atomic mass is 32.2. The van der Waals surface area contributed by atoms with E-state index in [1.165, 1.54) is 12.1 Å². The van der Waals surface area contributed by atoms with Crippen LogP contribution in [-0.4, -0.2) is 23.2 Å². The summed E-state index contributed by atoms with van der Waals surface area (Å²) >= 11 is 0. The summed E-state index contributed by atoms with van der Waals surface area (Å²) in [6, 6.07) is 32.3. The van der Waals surface area contributed by atoms with Crippen LogP contribution < -0.4 is 11.1 Å². The van der Waals surface area contributed by atoms with Crippen molar-refractivity contribution in [2.24, 2.45) is 40.9 Å². The van der Waals surface area contributed by atoms with Crippen molar-refractivity contribution in [3.05, 3.63) is 154 Å². The third kappa shape index (κ3) is 10.4. The molecule has 0 bridgehead atoms. The van der Waals surface area contributed by atoms with Gasteiger partial charge in [-0.15, -0.1) is 10.2 Å². The number of fused-ring (bicyclic) bond motifs is 1. The summed E-state index contributed by atoms with van der Waals surface area (Å²) in [7, 11) is -4.60. The number of benzene rings is 7. The summed E-state index contributed by atoms with van der Waals surface area (Å²) in [6.45, 7) is 11.6. The molecule has 0 amide bonds. The Morgan fingerprint density at radius 3 is 1.34 bits per heavy atom. The van der Waals surface area contributed by atoms with E-state index in [-0.39, 0.29) is 11.4 Å². The third-order valence-corrected chi connectivity index (χ3v) is 11.4. The van der Waals surface area contributed by atoms with Crippen molar-refractivity contribution in [1.82, 2.24) is 0 Å². The first kappa shape index (κ1) is 44.5. The molecule has 0 saturated carbocycles. The molecule has 7 rings (SSSR count). The summed E-state index contributed by atoms with van der Waals surface area (Å²) < 4.78 is 33.5. The number of aromatic hydroxyl groups is 1. The lowest BCUT2D eigenvalue weighted by Gasteiger charge is -2.10. The molecule has 324 valence electrons. The number of nitrogens with two attached hydrogens (primary N) is 1. The van der Waals surface area contributed by atoms with Crippen molar-refractivity contribution >= 4 is 77.8 Å². The highest BCUT2D eigenvalue weighted by Crippen LogP contribution is 2.39. The molecule has 16 heteroatoms. The van der Waals surface area contributed by atoms with Gasteiger partial charge in [-0.2, -0.15) is 39.1 Å². The maximum absolute atomic E-state index is 11.9. The summed E-state index contributed by atoms with van der Waals surface area (Å²) in [4.78, 5) is -0.448. The number of rotatable bonds is 13. The maximum atomic E-state index is 11.9. The topological polar surface area (TPSA) is 232 Å². The van der Waals surface area contributed by atoms with Gasteiger partial charge in [0.2, 0.25) is 0 Å². The maximum Gasteiger partial charge on any atom is 0.296 e. The Balaban J connectivity index is 1.02. The minimum absolute atomic E-state index is 0.0500. The van der Waals surface area contributed by atoms with Crippen LogP contribution in [0, 0.1) is 41.5 Å². The van der Waals surface area contributed by atoms with Crippen LogP contribution >= 0.6 is 0 Å². The standard InChI is InChI=1S/C48H46N10O5S/c1-27-19-43(29(3)17-41(27)53-51-39-15-9-34(26-59)23-47(39)64(61,62)63)55-57-45-21-32(6)46(22-31(45)5)58-56-44-20-28(2)42(18-30(44)4)54-52-40-16-10-35-24-37(13-14-38(35)48(40)60)50-25-33-7-11-36(49)12-8-33/h7-24,50,59-60H,25-26,49H2,1-6H3,(H,61,62,63). The molecule has 0 fully saturated rings. The van der Waals surface area contributed by atoms with Crippen molar-refractivity contribution in [3.63, 3.8) is 0 Å². The highest BCUT2D eigenvalue weighted by Gasteiger charge is 2.17. The van der Waals surface area contributed by atoms with Crippen molar-refractivity contribution in [3.8, 4) is 5.75 Å². The van der Waals surface area contributed by atoms with E-state index in [9.17, 15) is 23.2 Å². The molecule has 0 atom stereocenters. The lowest BCUT2D eigenvalue weighted by molar-refractivity contribution is 0.281. The molecule has 7 aromatic rings. The minimum atomic E-state index is -4.60. The number of azo groups is 4. The number of aliphatic hydroxyl groups excluding tert-OH is 1. The first-order valence-electron chi connectivity index (χ1n) is 20.1. The van der Waals surface area contributed by atoms with Gasteiger partial charge < -0.3 is 21.3 Å². The van der Waals surface area contributed by atoms with Crippen LogP contribution in [0.5, 0.6) is 5.75 Å². The van der Waals surface area contributed by atoms with Gasteiger partial charge in [-0.1, -0.05) is 24.3 Å². The van der Waals surface area contributed by atoms with Gasteiger partial charge in [-0.3, -0.25) is 4.55 Å². The number of nitrogens with zero attached hydrogens (tertiary/aromatic N) is 8. The van der Waals surface area contributed by atoms with Crippen LogP contribution in [0.4, 0.5) is 56.9 Å². The number of aryl methyl sites for hydroxylation is 6. The molecule has 0 spiro atoms. The van der Waals surface area contributed by atoms with E-state index in [0.717, 1.165) is 56.2 Å². The SMILES string of the molecule is Cc1cc(N=Nc2cc(C)c(N=Nc3ccc4cc(NCc5ccc(N)cc5)ccc4c3O)cc2C)c(C)cc1N=Nc1cc(C)c(N=Nc2ccc(CO)cc2S(=O)(=O)O)cc1C. The monoisotopic (exact) mass is 874 g/mol. The zero-order valence-electron chi connectivity index (χ0n) is 36.0. The Kier molecular flexibility index (Phi) is 13.1. The molecule has 0 unspecified atom stereocenters. The van der Waals surface area contributed by atoms with Crippen LogP contribution in [0.2, 0.25) is 0 Å². The first-order chi connectivity index (χ1) is 30.6. The van der Waals surface area contributed by atoms with Crippen LogP contribution in [-0.2, 0) is 23.3 Å². The average molecular weight is 875 g/mol. The van der Waals surface area contributed by atoms with Crippen LogP contribution in [0.15, 0.2) is 155 Å². The van der Waals surface area contributed by atoms with Crippen LogP contribution in [0.3, 0.4) is 0 Å². The number of nitrogens with one attached hydrogen (secondary N) is 1. The average Bonchev–Trinajstić information content (AvgIpc) is 3.26. The molecule has 0 aromatic heterocycles. The molecule has 0 heterocycles. The second-order valence-corrected chi connectivity index (χ2v) is 16.9. The van der Waals surface area contributed by atoms with Crippen molar-refractivity contribution < 1.29 is 23.2 Å². The number of phenolic OH excluding ortho intramolecular Hbond substituents is 1. The second kappa shape index (κ2) is 18.8. The smallest absolute Gasteiger partial charge is 0.296 e. The van der Waals surface area contributed by atoms with Gasteiger partial charge in [0.05, 0.1) is 40.7 Å². The predicted molar refractivity (Wildman–Crippen MR) is 250 cm³/mol. The number of phenols is 1.